The summed E-state index contributed by atoms with van der Waals surface area (Å²) in [6.07, 6.45) is 0. The Bertz CT molecular complexity index is 1550. The fourth-order valence-corrected chi connectivity index (χ4v) is 4.57. The number of rotatable bonds is 6. The molecule has 0 aliphatic carbocycles. The van der Waals surface area contributed by atoms with Crippen molar-refractivity contribution in [3.63, 3.8) is 0 Å². The molecule has 0 aliphatic rings. The summed E-state index contributed by atoms with van der Waals surface area (Å²) in [6.45, 7) is 3.07. The molecule has 2 aromatic carbocycles. The van der Waals surface area contributed by atoms with Crippen LogP contribution in [0, 0.1) is 18.3 Å². The number of carbonyl (C=O) groups is 2. The lowest BCUT2D eigenvalue weighted by atomic mass is 10.0. The van der Waals surface area contributed by atoms with Crippen LogP contribution >= 0.6 is 11.3 Å². The monoisotopic (exact) mass is 488 g/mol. The molecule has 0 aliphatic heterocycles. The van der Waals surface area contributed by atoms with Gasteiger partial charge < -0.3 is 19.6 Å². The van der Waals surface area contributed by atoms with E-state index in [0.29, 0.717) is 16.9 Å². The van der Waals surface area contributed by atoms with Crippen LogP contribution in [-0.4, -0.2) is 18.5 Å². The fraction of sp³-hybridized carbons (Fsp3) is 0.154. The number of hydrogen-bond donors (Lipinski definition) is 1. The number of nitrogens with zero attached hydrogens (tertiary/aromatic N) is 1. The van der Waals surface area contributed by atoms with Gasteiger partial charge in [0.2, 0.25) is 0 Å². The number of ether oxygens (including phenoxy) is 2. The molecule has 0 amide bonds. The van der Waals surface area contributed by atoms with Gasteiger partial charge in [0.05, 0.1) is 17.6 Å². The predicted molar refractivity (Wildman–Crippen MR) is 131 cm³/mol. The Balaban J connectivity index is 1.73. The van der Waals surface area contributed by atoms with Crippen molar-refractivity contribution in [3.8, 4) is 17.4 Å². The van der Waals surface area contributed by atoms with Gasteiger partial charge in [-0.2, -0.15) is 5.26 Å². The van der Waals surface area contributed by atoms with Gasteiger partial charge in [-0.15, -0.1) is 11.3 Å². The largest absolute Gasteiger partial charge is 0.462 e. The van der Waals surface area contributed by atoms with Crippen LogP contribution in [0.5, 0.6) is 0 Å². The molecule has 2 aromatic heterocycles. The van der Waals surface area contributed by atoms with Crippen LogP contribution in [-0.2, 0) is 16.1 Å². The second kappa shape index (κ2) is 9.83. The van der Waals surface area contributed by atoms with Gasteiger partial charge in [-0.05, 0) is 26.0 Å². The molecule has 8 nitrogen and oxygen atoms in total. The van der Waals surface area contributed by atoms with Crippen LogP contribution < -0.4 is 11.2 Å². The quantitative estimate of drug-likeness (QED) is 0.382. The van der Waals surface area contributed by atoms with E-state index < -0.39 is 11.9 Å². The molecule has 9 heteroatoms. The first-order chi connectivity index (χ1) is 16.9. The summed E-state index contributed by atoms with van der Waals surface area (Å²) in [5.41, 5.74) is 7.08. The van der Waals surface area contributed by atoms with E-state index in [1.807, 2.05) is 24.3 Å². The van der Waals surface area contributed by atoms with Gasteiger partial charge in [0.1, 0.15) is 33.9 Å². The summed E-state index contributed by atoms with van der Waals surface area (Å²) in [6, 6.07) is 15.7. The van der Waals surface area contributed by atoms with Gasteiger partial charge in [-0.3, -0.25) is 4.79 Å². The molecule has 0 unspecified atom stereocenters. The van der Waals surface area contributed by atoms with Gasteiger partial charge in [0.15, 0.2) is 11.0 Å². The van der Waals surface area contributed by atoms with Crippen molar-refractivity contribution in [1.82, 2.24) is 0 Å². The number of para-hydroxylation sites is 1. The Labute approximate surface area is 204 Å². The zero-order valence-electron chi connectivity index (χ0n) is 18.9. The number of benzene rings is 2. The van der Waals surface area contributed by atoms with Crippen molar-refractivity contribution in [1.29, 1.82) is 5.26 Å². The molecule has 0 radical (unpaired) electrons. The number of thiophene rings is 1. The molecule has 0 fully saturated rings. The van der Waals surface area contributed by atoms with E-state index in [0.717, 1.165) is 11.3 Å². The maximum absolute atomic E-state index is 13.1. The van der Waals surface area contributed by atoms with Crippen molar-refractivity contribution in [2.45, 2.75) is 20.5 Å². The number of hydrogen-bond acceptors (Lipinski definition) is 9. The highest BCUT2D eigenvalue weighted by molar-refractivity contribution is 7.18. The molecular weight excluding hydrogens is 468 g/mol. The van der Waals surface area contributed by atoms with E-state index in [9.17, 15) is 19.6 Å². The van der Waals surface area contributed by atoms with Crippen LogP contribution in [0.25, 0.3) is 22.3 Å². The van der Waals surface area contributed by atoms with E-state index in [2.05, 4.69) is 0 Å². The Morgan fingerprint density at radius 1 is 1.09 bits per heavy atom. The number of anilines is 1. The van der Waals surface area contributed by atoms with E-state index >= 15 is 0 Å². The molecule has 35 heavy (non-hydrogen) atoms. The van der Waals surface area contributed by atoms with E-state index in [1.54, 1.807) is 38.1 Å². The van der Waals surface area contributed by atoms with Crippen molar-refractivity contribution < 1.29 is 23.5 Å². The maximum atomic E-state index is 13.1. The van der Waals surface area contributed by atoms with Crippen molar-refractivity contribution in [2.75, 3.05) is 12.3 Å². The third kappa shape index (κ3) is 4.39. The number of nitriles is 1. The van der Waals surface area contributed by atoms with Crippen LogP contribution in [0.4, 0.5) is 5.00 Å². The topological polar surface area (TPSA) is 133 Å². The van der Waals surface area contributed by atoms with E-state index in [-0.39, 0.29) is 56.2 Å². The summed E-state index contributed by atoms with van der Waals surface area (Å²) in [7, 11) is 0. The Morgan fingerprint density at radius 2 is 1.83 bits per heavy atom. The van der Waals surface area contributed by atoms with Crippen LogP contribution in [0.1, 0.15) is 43.6 Å². The predicted octanol–water partition coefficient (Wildman–Crippen LogP) is 4.82. The number of fused-ring (bicyclic) bond motifs is 1. The van der Waals surface area contributed by atoms with Gasteiger partial charge in [0, 0.05) is 16.7 Å². The molecule has 0 spiro atoms. The summed E-state index contributed by atoms with van der Waals surface area (Å²) >= 11 is 0.896. The first kappa shape index (κ1) is 23.7. The normalized spacial score (nSPS) is 10.7. The zero-order chi connectivity index (χ0) is 25.1. The van der Waals surface area contributed by atoms with E-state index in [4.69, 9.17) is 19.6 Å². The molecule has 4 rings (SSSR count). The van der Waals surface area contributed by atoms with Crippen LogP contribution in [0.2, 0.25) is 0 Å². The molecule has 0 bridgehead atoms. The maximum Gasteiger partial charge on any atom is 0.348 e. The van der Waals surface area contributed by atoms with Crippen LogP contribution in [0.3, 0.4) is 0 Å². The molecule has 176 valence electrons. The highest BCUT2D eigenvalue weighted by atomic mass is 32.1. The Hall–Kier alpha value is -4.42. The molecule has 0 saturated heterocycles. The second-order valence-electron chi connectivity index (χ2n) is 7.49. The van der Waals surface area contributed by atoms with Gasteiger partial charge >= 0.3 is 11.9 Å². The van der Waals surface area contributed by atoms with Crippen molar-refractivity contribution >= 4 is 39.2 Å². The van der Waals surface area contributed by atoms with Crippen molar-refractivity contribution in [3.05, 3.63) is 85.9 Å². The molecule has 0 saturated carbocycles. The average molecular weight is 489 g/mol. The molecule has 4 aromatic rings. The average Bonchev–Trinajstić information content (AvgIpc) is 3.20. The number of carbonyl (C=O) groups excluding carboxylic acids is 2. The number of esters is 2. The fourth-order valence-electron chi connectivity index (χ4n) is 3.66. The number of nitrogens with two attached hydrogens (primary N) is 1. The SMILES string of the molecule is CCOC(=O)c1sc(N)c(C#N)c1COC(=O)c1cccc2c(=O)c(C)c(-c3ccccc3)oc12. The van der Waals surface area contributed by atoms with Gasteiger partial charge in [0.25, 0.3) is 0 Å². The summed E-state index contributed by atoms with van der Waals surface area (Å²) < 4.78 is 16.5. The lowest BCUT2D eigenvalue weighted by Gasteiger charge is -2.11. The third-order valence-corrected chi connectivity index (χ3v) is 6.40. The smallest absolute Gasteiger partial charge is 0.348 e. The van der Waals surface area contributed by atoms with Crippen molar-refractivity contribution in [2.24, 2.45) is 0 Å². The summed E-state index contributed by atoms with van der Waals surface area (Å²) in [4.78, 5) is 38.5. The third-order valence-electron chi connectivity index (χ3n) is 5.36. The molecule has 0 atom stereocenters. The van der Waals surface area contributed by atoms with Crippen LogP contribution in [0.15, 0.2) is 57.7 Å². The standard InChI is InChI=1S/C26H20N2O6S/c1-3-32-26(31)23-19(18(12-27)24(28)35-23)13-33-25(30)17-11-7-10-16-20(29)14(2)21(34-22(16)17)15-8-5-4-6-9-15/h4-11H,3,13,28H2,1-2H3. The summed E-state index contributed by atoms with van der Waals surface area (Å²) in [5.74, 6) is -1.09. The minimum Gasteiger partial charge on any atom is -0.462 e. The van der Waals surface area contributed by atoms with Gasteiger partial charge in [-0.25, -0.2) is 9.59 Å². The zero-order valence-corrected chi connectivity index (χ0v) is 19.7. The molecule has 2 N–H and O–H groups in total. The second-order valence-corrected chi connectivity index (χ2v) is 8.54. The summed E-state index contributed by atoms with van der Waals surface area (Å²) in [5, 5.41) is 9.84. The highest BCUT2D eigenvalue weighted by Crippen LogP contribution is 2.32. The number of nitrogen functional groups attached to an aromatic ring is 1. The molecule has 2 heterocycles. The first-order valence-electron chi connectivity index (χ1n) is 10.6. The Kier molecular flexibility index (Phi) is 6.66. The first-order valence-corrected chi connectivity index (χ1v) is 11.5. The highest BCUT2D eigenvalue weighted by Gasteiger charge is 2.25. The lowest BCUT2D eigenvalue weighted by Crippen LogP contribution is -2.12. The van der Waals surface area contributed by atoms with E-state index in [1.165, 1.54) is 6.07 Å². The van der Waals surface area contributed by atoms with Gasteiger partial charge in [-0.1, -0.05) is 36.4 Å². The Morgan fingerprint density at radius 3 is 2.51 bits per heavy atom. The minimum atomic E-state index is -0.787. The minimum absolute atomic E-state index is 0.0381. The molecular formula is C26H20N2O6S. The lowest BCUT2D eigenvalue weighted by molar-refractivity contribution is 0.0453.